The second kappa shape index (κ2) is 6.71. The molecule has 1 aliphatic rings. The molecule has 4 heteroatoms. The second-order valence-electron chi connectivity index (χ2n) is 4.81. The lowest BCUT2D eigenvalue weighted by Crippen LogP contribution is -2.31. The lowest BCUT2D eigenvalue weighted by molar-refractivity contribution is 0.301. The van der Waals surface area contributed by atoms with Crippen molar-refractivity contribution in [3.8, 4) is 0 Å². The molecule has 0 unspecified atom stereocenters. The van der Waals surface area contributed by atoms with Gasteiger partial charge in [-0.1, -0.05) is 13.0 Å². The number of aliphatic hydroxyl groups is 1. The van der Waals surface area contributed by atoms with Gasteiger partial charge in [0.1, 0.15) is 5.82 Å². The van der Waals surface area contributed by atoms with E-state index in [1.54, 1.807) is 0 Å². The first kappa shape index (κ1) is 13.3. The van der Waals surface area contributed by atoms with E-state index < -0.39 is 0 Å². The van der Waals surface area contributed by atoms with Gasteiger partial charge in [-0.05, 0) is 31.9 Å². The van der Waals surface area contributed by atoms with Crippen LogP contribution < -0.4 is 10.2 Å². The Balaban J connectivity index is 2.08. The van der Waals surface area contributed by atoms with Gasteiger partial charge in [-0.3, -0.25) is 0 Å². The smallest absolute Gasteiger partial charge is 0.133 e. The first-order valence-electron chi connectivity index (χ1n) is 6.89. The third kappa shape index (κ3) is 3.43. The fourth-order valence-electron chi connectivity index (χ4n) is 2.18. The molecular formula is C14H23N3O. The van der Waals surface area contributed by atoms with Gasteiger partial charge in [0.2, 0.25) is 0 Å². The number of pyridine rings is 1. The van der Waals surface area contributed by atoms with Gasteiger partial charge in [-0.2, -0.15) is 0 Å². The molecular weight excluding hydrogens is 226 g/mol. The summed E-state index contributed by atoms with van der Waals surface area (Å²) in [4.78, 5) is 6.77. The Morgan fingerprint density at radius 1 is 1.50 bits per heavy atom. The van der Waals surface area contributed by atoms with E-state index in [0.29, 0.717) is 12.6 Å². The molecule has 0 aromatic carbocycles. The van der Waals surface area contributed by atoms with Crippen LogP contribution >= 0.6 is 0 Å². The lowest BCUT2D eigenvalue weighted by Gasteiger charge is -2.25. The average Bonchev–Trinajstić information content (AvgIpc) is 3.21. The highest BCUT2D eigenvalue weighted by Gasteiger charge is 2.30. The molecule has 0 aliphatic heterocycles. The summed E-state index contributed by atoms with van der Waals surface area (Å²) >= 11 is 0. The molecule has 4 nitrogen and oxygen atoms in total. The van der Waals surface area contributed by atoms with Gasteiger partial charge in [-0.25, -0.2) is 4.98 Å². The highest BCUT2D eigenvalue weighted by Crippen LogP contribution is 2.31. The zero-order valence-corrected chi connectivity index (χ0v) is 11.1. The Morgan fingerprint density at radius 3 is 3.00 bits per heavy atom. The highest BCUT2D eigenvalue weighted by molar-refractivity contribution is 5.48. The number of nitrogens with one attached hydrogen (secondary N) is 1. The molecule has 1 saturated carbocycles. The highest BCUT2D eigenvalue weighted by atomic mass is 16.3. The van der Waals surface area contributed by atoms with Crippen LogP contribution in [0.2, 0.25) is 0 Å². The van der Waals surface area contributed by atoms with Crippen LogP contribution in [0.5, 0.6) is 0 Å². The van der Waals surface area contributed by atoms with Crippen LogP contribution in [0.1, 0.15) is 31.7 Å². The molecule has 0 bridgehead atoms. The molecule has 0 spiro atoms. The normalized spacial score (nSPS) is 14.8. The Labute approximate surface area is 109 Å². The fourth-order valence-corrected chi connectivity index (χ4v) is 2.18. The van der Waals surface area contributed by atoms with Crippen molar-refractivity contribution in [2.45, 2.75) is 38.8 Å². The minimum atomic E-state index is 0.189. The molecule has 1 aliphatic carbocycles. The standard InChI is InChI=1S/C14H23N3O/c1-2-7-15-11-12-4-3-8-16-14(12)17(9-10-18)13-5-6-13/h3-4,8,13,15,18H,2,5-7,9-11H2,1H3. The van der Waals surface area contributed by atoms with Gasteiger partial charge in [0, 0.05) is 30.9 Å². The average molecular weight is 249 g/mol. The van der Waals surface area contributed by atoms with E-state index in [1.165, 1.54) is 18.4 Å². The number of aromatic nitrogens is 1. The topological polar surface area (TPSA) is 48.4 Å². The predicted octanol–water partition coefficient (Wildman–Crippen LogP) is 1.54. The van der Waals surface area contributed by atoms with Crippen molar-refractivity contribution >= 4 is 5.82 Å². The lowest BCUT2D eigenvalue weighted by atomic mass is 10.2. The molecule has 1 aromatic heterocycles. The molecule has 2 N–H and O–H groups in total. The first-order chi connectivity index (χ1) is 8.86. The van der Waals surface area contributed by atoms with Crippen LogP contribution in [0.25, 0.3) is 0 Å². The van der Waals surface area contributed by atoms with Crippen molar-refractivity contribution in [1.29, 1.82) is 0 Å². The molecule has 100 valence electrons. The van der Waals surface area contributed by atoms with Crippen LogP contribution in [0.15, 0.2) is 18.3 Å². The van der Waals surface area contributed by atoms with E-state index in [2.05, 4.69) is 28.2 Å². The number of anilines is 1. The maximum atomic E-state index is 9.19. The summed E-state index contributed by atoms with van der Waals surface area (Å²) in [6.07, 6.45) is 5.42. The Hall–Kier alpha value is -1.13. The predicted molar refractivity (Wildman–Crippen MR) is 73.7 cm³/mol. The van der Waals surface area contributed by atoms with Crippen molar-refractivity contribution in [2.24, 2.45) is 0 Å². The number of hydrogen-bond donors (Lipinski definition) is 2. The summed E-state index contributed by atoms with van der Waals surface area (Å²) in [5, 5.41) is 12.6. The quantitative estimate of drug-likeness (QED) is 0.686. The van der Waals surface area contributed by atoms with Gasteiger partial charge in [0.15, 0.2) is 0 Å². The molecule has 18 heavy (non-hydrogen) atoms. The van der Waals surface area contributed by atoms with Crippen LogP contribution in [-0.2, 0) is 6.54 Å². The van der Waals surface area contributed by atoms with Gasteiger partial charge in [0.25, 0.3) is 0 Å². The van der Waals surface area contributed by atoms with Crippen molar-refractivity contribution < 1.29 is 5.11 Å². The monoisotopic (exact) mass is 249 g/mol. The Bertz CT molecular complexity index is 366. The Kier molecular flexibility index (Phi) is 4.96. The molecule has 1 heterocycles. The zero-order valence-electron chi connectivity index (χ0n) is 11.1. The van der Waals surface area contributed by atoms with E-state index in [-0.39, 0.29) is 6.61 Å². The minimum absolute atomic E-state index is 0.189. The van der Waals surface area contributed by atoms with Gasteiger partial charge in [-0.15, -0.1) is 0 Å². The summed E-state index contributed by atoms with van der Waals surface area (Å²) in [7, 11) is 0. The first-order valence-corrected chi connectivity index (χ1v) is 6.89. The third-order valence-electron chi connectivity index (χ3n) is 3.21. The van der Waals surface area contributed by atoms with Crippen molar-refractivity contribution in [2.75, 3.05) is 24.6 Å². The number of rotatable bonds is 8. The van der Waals surface area contributed by atoms with Gasteiger partial charge < -0.3 is 15.3 Å². The summed E-state index contributed by atoms with van der Waals surface area (Å²) in [6, 6.07) is 4.69. The van der Waals surface area contributed by atoms with Gasteiger partial charge in [0.05, 0.1) is 6.61 Å². The van der Waals surface area contributed by atoms with Crippen LogP contribution in [0, 0.1) is 0 Å². The van der Waals surface area contributed by atoms with E-state index in [9.17, 15) is 5.11 Å². The van der Waals surface area contributed by atoms with E-state index >= 15 is 0 Å². The third-order valence-corrected chi connectivity index (χ3v) is 3.21. The van der Waals surface area contributed by atoms with Crippen molar-refractivity contribution in [3.05, 3.63) is 23.9 Å². The maximum absolute atomic E-state index is 9.19. The summed E-state index contributed by atoms with van der Waals surface area (Å²) < 4.78 is 0. The number of nitrogens with zero attached hydrogens (tertiary/aromatic N) is 2. The molecule has 1 fully saturated rings. The number of hydrogen-bond acceptors (Lipinski definition) is 4. The molecule has 0 saturated heterocycles. The van der Waals surface area contributed by atoms with Crippen LogP contribution in [-0.4, -0.2) is 35.8 Å². The fraction of sp³-hybridized carbons (Fsp3) is 0.643. The van der Waals surface area contributed by atoms with Crippen molar-refractivity contribution in [1.82, 2.24) is 10.3 Å². The van der Waals surface area contributed by atoms with E-state index in [1.807, 2.05) is 12.3 Å². The molecule has 0 radical (unpaired) electrons. The van der Waals surface area contributed by atoms with Crippen LogP contribution in [0.3, 0.4) is 0 Å². The molecule has 2 rings (SSSR count). The zero-order chi connectivity index (χ0) is 12.8. The largest absolute Gasteiger partial charge is 0.395 e. The summed E-state index contributed by atoms with van der Waals surface area (Å²) in [5.74, 6) is 1.04. The molecule has 0 amide bonds. The van der Waals surface area contributed by atoms with Crippen LogP contribution in [0.4, 0.5) is 5.82 Å². The summed E-state index contributed by atoms with van der Waals surface area (Å²) in [5.41, 5.74) is 1.23. The molecule has 0 atom stereocenters. The maximum Gasteiger partial charge on any atom is 0.133 e. The van der Waals surface area contributed by atoms with Gasteiger partial charge >= 0.3 is 0 Å². The minimum Gasteiger partial charge on any atom is -0.395 e. The Morgan fingerprint density at radius 2 is 2.33 bits per heavy atom. The van der Waals surface area contributed by atoms with E-state index in [0.717, 1.165) is 25.3 Å². The van der Waals surface area contributed by atoms with Crippen molar-refractivity contribution in [3.63, 3.8) is 0 Å². The second-order valence-corrected chi connectivity index (χ2v) is 4.81. The summed E-state index contributed by atoms with van der Waals surface area (Å²) in [6.45, 7) is 4.92. The number of aliphatic hydroxyl groups excluding tert-OH is 1. The van der Waals surface area contributed by atoms with E-state index in [4.69, 9.17) is 0 Å². The molecule has 1 aromatic rings. The SMILES string of the molecule is CCCNCc1cccnc1N(CCO)C1CC1.